The number of anilines is 4. The molecule has 4 rings (SSSR count). The quantitative estimate of drug-likeness (QED) is 0.729. The fourth-order valence-electron chi connectivity index (χ4n) is 3.52. The molecule has 0 fully saturated rings. The van der Waals surface area contributed by atoms with E-state index in [2.05, 4.69) is 35.8 Å². The molecule has 2 heterocycles. The van der Waals surface area contributed by atoms with Gasteiger partial charge in [0.25, 0.3) is 0 Å². The van der Waals surface area contributed by atoms with Crippen molar-refractivity contribution in [3.05, 3.63) is 46.5 Å². The molecular weight excluding hydrogens is 260 g/mol. The molecule has 4 N–H and O–H groups in total. The molecule has 0 saturated heterocycles. The zero-order valence-electron chi connectivity index (χ0n) is 12.5. The summed E-state index contributed by atoms with van der Waals surface area (Å²) in [5.74, 6) is 0. The molecule has 0 atom stereocenters. The van der Waals surface area contributed by atoms with Crippen LogP contribution in [-0.4, -0.2) is 6.67 Å². The number of hydrogen-bond acceptors (Lipinski definition) is 4. The third-order valence-corrected chi connectivity index (χ3v) is 4.95. The molecular formula is C17H20N4. The molecule has 2 aliphatic heterocycles. The van der Waals surface area contributed by atoms with E-state index in [4.69, 9.17) is 11.5 Å². The van der Waals surface area contributed by atoms with Gasteiger partial charge in [-0.3, -0.25) is 0 Å². The summed E-state index contributed by atoms with van der Waals surface area (Å²) in [6, 6.07) is 8.35. The van der Waals surface area contributed by atoms with Crippen LogP contribution in [0, 0.1) is 13.8 Å². The van der Waals surface area contributed by atoms with Crippen LogP contribution in [-0.2, 0) is 13.1 Å². The monoisotopic (exact) mass is 280 g/mol. The van der Waals surface area contributed by atoms with Crippen LogP contribution in [0.15, 0.2) is 24.3 Å². The van der Waals surface area contributed by atoms with E-state index in [1.54, 1.807) is 0 Å². The number of fused-ring (bicyclic) bond motifs is 6. The van der Waals surface area contributed by atoms with Crippen LogP contribution >= 0.6 is 0 Å². The smallest absolute Gasteiger partial charge is 0.0910 e. The first-order chi connectivity index (χ1) is 10.1. The zero-order chi connectivity index (χ0) is 14.7. The van der Waals surface area contributed by atoms with Crippen molar-refractivity contribution in [2.75, 3.05) is 27.9 Å². The molecule has 0 unspecified atom stereocenters. The van der Waals surface area contributed by atoms with Crippen molar-refractivity contribution in [1.82, 2.24) is 0 Å². The van der Waals surface area contributed by atoms with Crippen molar-refractivity contribution >= 4 is 22.7 Å². The minimum Gasteiger partial charge on any atom is -0.399 e. The van der Waals surface area contributed by atoms with Gasteiger partial charge in [0.15, 0.2) is 0 Å². The van der Waals surface area contributed by atoms with Gasteiger partial charge in [-0.15, -0.1) is 0 Å². The predicted molar refractivity (Wildman–Crippen MR) is 88.4 cm³/mol. The van der Waals surface area contributed by atoms with Gasteiger partial charge >= 0.3 is 0 Å². The zero-order valence-corrected chi connectivity index (χ0v) is 12.5. The van der Waals surface area contributed by atoms with E-state index in [0.717, 1.165) is 31.1 Å². The molecule has 2 aromatic rings. The van der Waals surface area contributed by atoms with Crippen LogP contribution in [0.25, 0.3) is 0 Å². The first-order valence-corrected chi connectivity index (χ1v) is 7.32. The third-order valence-electron chi connectivity index (χ3n) is 4.95. The Kier molecular flexibility index (Phi) is 2.40. The SMILES string of the molecule is Cc1c(N)ccc2c1CN1CN2Cc2c1ccc(N)c2C. The maximum Gasteiger partial charge on any atom is 0.0910 e. The fourth-order valence-corrected chi connectivity index (χ4v) is 3.52. The minimum atomic E-state index is 0.879. The average Bonchev–Trinajstić information content (AvgIpc) is 2.48. The van der Waals surface area contributed by atoms with Crippen molar-refractivity contribution in [2.45, 2.75) is 26.9 Å². The van der Waals surface area contributed by atoms with Crippen molar-refractivity contribution < 1.29 is 0 Å². The van der Waals surface area contributed by atoms with Gasteiger partial charge in [-0.1, -0.05) is 0 Å². The molecule has 4 nitrogen and oxygen atoms in total. The molecule has 2 aliphatic rings. The Hall–Kier alpha value is -2.36. The van der Waals surface area contributed by atoms with Gasteiger partial charge in [0.05, 0.1) is 6.67 Å². The van der Waals surface area contributed by atoms with Crippen LogP contribution in [0.2, 0.25) is 0 Å². The van der Waals surface area contributed by atoms with E-state index in [0.29, 0.717) is 0 Å². The highest BCUT2D eigenvalue weighted by Gasteiger charge is 2.31. The van der Waals surface area contributed by atoms with Crippen LogP contribution in [0.1, 0.15) is 22.3 Å². The first kappa shape index (κ1) is 12.4. The van der Waals surface area contributed by atoms with Gasteiger partial charge in [-0.05, 0) is 60.4 Å². The summed E-state index contributed by atoms with van der Waals surface area (Å²) in [4.78, 5) is 4.83. The van der Waals surface area contributed by atoms with Gasteiger partial charge in [-0.25, -0.2) is 0 Å². The summed E-state index contributed by atoms with van der Waals surface area (Å²) in [7, 11) is 0. The summed E-state index contributed by atoms with van der Waals surface area (Å²) >= 11 is 0. The number of hydrogen-bond donors (Lipinski definition) is 2. The van der Waals surface area contributed by atoms with E-state index < -0.39 is 0 Å². The average molecular weight is 280 g/mol. The molecule has 0 aromatic heterocycles. The maximum absolute atomic E-state index is 6.08. The summed E-state index contributed by atoms with van der Waals surface area (Å²) in [5.41, 5.74) is 21.6. The topological polar surface area (TPSA) is 58.5 Å². The Morgan fingerprint density at radius 3 is 1.62 bits per heavy atom. The highest BCUT2D eigenvalue weighted by Crippen LogP contribution is 2.41. The van der Waals surface area contributed by atoms with Gasteiger partial charge in [0.1, 0.15) is 0 Å². The van der Waals surface area contributed by atoms with Crippen molar-refractivity contribution in [3.63, 3.8) is 0 Å². The second-order valence-electron chi connectivity index (χ2n) is 6.09. The molecule has 0 saturated carbocycles. The Morgan fingerprint density at radius 2 is 1.19 bits per heavy atom. The second-order valence-corrected chi connectivity index (χ2v) is 6.09. The lowest BCUT2D eigenvalue weighted by Crippen LogP contribution is -2.46. The van der Waals surface area contributed by atoms with Gasteiger partial charge in [-0.2, -0.15) is 0 Å². The van der Waals surface area contributed by atoms with E-state index in [1.165, 1.54) is 33.6 Å². The Balaban J connectivity index is 1.88. The number of nitrogens with zero attached hydrogens (tertiary/aromatic N) is 2. The van der Waals surface area contributed by atoms with E-state index in [-0.39, 0.29) is 0 Å². The lowest BCUT2D eigenvalue weighted by molar-refractivity contribution is 0.647. The molecule has 21 heavy (non-hydrogen) atoms. The summed E-state index contributed by atoms with van der Waals surface area (Å²) in [6.07, 6.45) is 0. The second kappa shape index (κ2) is 4.07. The number of nitrogens with two attached hydrogens (primary N) is 2. The Labute approximate surface area is 125 Å². The molecule has 0 amide bonds. The van der Waals surface area contributed by atoms with Crippen LogP contribution in [0.4, 0.5) is 22.7 Å². The van der Waals surface area contributed by atoms with Crippen molar-refractivity contribution in [2.24, 2.45) is 0 Å². The van der Waals surface area contributed by atoms with Crippen LogP contribution in [0.3, 0.4) is 0 Å². The molecule has 0 spiro atoms. The van der Waals surface area contributed by atoms with Gasteiger partial charge in [0.2, 0.25) is 0 Å². The highest BCUT2D eigenvalue weighted by atomic mass is 15.4. The van der Waals surface area contributed by atoms with E-state index in [1.807, 2.05) is 12.1 Å². The normalized spacial score (nSPS) is 15.7. The van der Waals surface area contributed by atoms with Gasteiger partial charge < -0.3 is 21.3 Å². The summed E-state index contributed by atoms with van der Waals surface area (Å²) < 4.78 is 0. The molecule has 4 heteroatoms. The van der Waals surface area contributed by atoms with Crippen molar-refractivity contribution in [3.8, 4) is 0 Å². The highest BCUT2D eigenvalue weighted by molar-refractivity contribution is 5.74. The predicted octanol–water partition coefficient (Wildman–Crippen LogP) is 2.77. The fraction of sp³-hybridized carbons (Fsp3) is 0.294. The standard InChI is InChI=1S/C17H20N4/c1-10-12-7-20-9-21(16(12)5-3-14(10)18)8-13-11(2)15(19)4-6-17(13)20/h3-6H,7-9,18-19H2,1-2H3. The van der Waals surface area contributed by atoms with Crippen molar-refractivity contribution in [1.29, 1.82) is 0 Å². The van der Waals surface area contributed by atoms with Gasteiger partial charge in [0, 0.05) is 35.8 Å². The number of benzene rings is 2. The van der Waals surface area contributed by atoms with E-state index in [9.17, 15) is 0 Å². The Bertz CT molecular complexity index is 687. The van der Waals surface area contributed by atoms with E-state index >= 15 is 0 Å². The van der Waals surface area contributed by atoms with Crippen LogP contribution in [0.5, 0.6) is 0 Å². The third kappa shape index (κ3) is 1.62. The first-order valence-electron chi connectivity index (χ1n) is 7.32. The molecule has 2 aromatic carbocycles. The molecule has 2 bridgehead atoms. The summed E-state index contributed by atoms with van der Waals surface area (Å²) in [5, 5.41) is 0. The largest absolute Gasteiger partial charge is 0.399 e. The molecule has 108 valence electrons. The lowest BCUT2D eigenvalue weighted by Gasteiger charge is -2.46. The molecule has 0 radical (unpaired) electrons. The van der Waals surface area contributed by atoms with Crippen LogP contribution < -0.4 is 21.3 Å². The summed E-state index contributed by atoms with van der Waals surface area (Å²) in [6.45, 7) is 7.00. The number of rotatable bonds is 0. The maximum atomic E-state index is 6.08. The minimum absolute atomic E-state index is 0.879. The Morgan fingerprint density at radius 1 is 0.762 bits per heavy atom. The molecule has 0 aliphatic carbocycles. The number of nitrogen functional groups attached to an aromatic ring is 2. The lowest BCUT2D eigenvalue weighted by atomic mass is 9.95.